The Morgan fingerprint density at radius 1 is 1.14 bits per heavy atom. The van der Waals surface area contributed by atoms with Crippen molar-refractivity contribution in [3.05, 3.63) is 34.8 Å². The third-order valence-corrected chi connectivity index (χ3v) is 7.53. The van der Waals surface area contributed by atoms with Crippen LogP contribution >= 0.6 is 11.3 Å². The van der Waals surface area contributed by atoms with Crippen molar-refractivity contribution < 1.29 is 19.1 Å². The second-order valence-corrected chi connectivity index (χ2v) is 11.2. The number of carbonyl (C=O) groups is 3. The maximum atomic E-state index is 13.0. The number of hydrogen-bond donors (Lipinski definition) is 1. The van der Waals surface area contributed by atoms with Gasteiger partial charge in [-0.2, -0.15) is 0 Å². The quantitative estimate of drug-likeness (QED) is 0.655. The van der Waals surface area contributed by atoms with E-state index in [4.69, 9.17) is 4.74 Å². The molecule has 2 aromatic rings. The molecule has 3 amide bonds. The third-order valence-electron chi connectivity index (χ3n) is 6.69. The summed E-state index contributed by atoms with van der Waals surface area (Å²) >= 11 is 1.35. The zero-order valence-corrected chi connectivity index (χ0v) is 21.6. The molecule has 2 aliphatic heterocycles. The van der Waals surface area contributed by atoms with Crippen LogP contribution in [0.25, 0.3) is 0 Å². The second kappa shape index (κ2) is 10.3. The van der Waals surface area contributed by atoms with Crippen molar-refractivity contribution in [2.24, 2.45) is 11.8 Å². The smallest absolute Gasteiger partial charge is 0.229 e. The molecule has 9 nitrogen and oxygen atoms in total. The Labute approximate surface area is 209 Å². The van der Waals surface area contributed by atoms with Gasteiger partial charge in [0.2, 0.25) is 22.9 Å². The van der Waals surface area contributed by atoms with Gasteiger partial charge in [-0.1, -0.05) is 29.5 Å². The maximum Gasteiger partial charge on any atom is 0.229 e. The van der Waals surface area contributed by atoms with Crippen molar-refractivity contribution in [2.45, 2.75) is 52.0 Å². The van der Waals surface area contributed by atoms with Crippen LogP contribution in [-0.2, 0) is 20.8 Å². The summed E-state index contributed by atoms with van der Waals surface area (Å²) in [6, 6.07) is 7.75. The normalized spacial score (nSPS) is 19.2. The average Bonchev–Trinajstić information content (AvgIpc) is 3.45. The molecule has 188 valence electrons. The molecule has 2 saturated heterocycles. The first kappa shape index (κ1) is 25.1. The second-order valence-electron chi connectivity index (χ2n) is 10.2. The number of carbonyl (C=O) groups excluding carboxylic acids is 3. The number of benzene rings is 1. The fraction of sp³-hybridized carbons (Fsp3) is 0.560. The number of nitrogens with zero attached hydrogens (tertiary/aromatic N) is 4. The Balaban J connectivity index is 1.27. The van der Waals surface area contributed by atoms with Crippen molar-refractivity contribution in [3.63, 3.8) is 0 Å². The molecule has 4 rings (SSSR count). The van der Waals surface area contributed by atoms with Crippen LogP contribution in [0.1, 0.15) is 50.6 Å². The fourth-order valence-corrected chi connectivity index (χ4v) is 5.50. The molecule has 2 aliphatic rings. The van der Waals surface area contributed by atoms with Gasteiger partial charge in [-0.25, -0.2) is 0 Å². The molecule has 35 heavy (non-hydrogen) atoms. The Morgan fingerprint density at radius 3 is 2.51 bits per heavy atom. The number of aromatic nitrogens is 2. The summed E-state index contributed by atoms with van der Waals surface area (Å²) in [6.45, 7) is 7.47. The molecule has 10 heteroatoms. The SMILES string of the molecule is COc1ccccc1Cc1nnc(NC(=O)C2CCN(C(=O)C3CC(=O)N(C(C)(C)C)C3)CC2)s1. The van der Waals surface area contributed by atoms with Crippen LogP contribution in [0.2, 0.25) is 0 Å². The third kappa shape index (κ3) is 5.80. The molecule has 0 bridgehead atoms. The lowest BCUT2D eigenvalue weighted by atomic mass is 9.94. The van der Waals surface area contributed by atoms with E-state index in [9.17, 15) is 14.4 Å². The molecule has 0 spiro atoms. The molecule has 2 fully saturated rings. The minimum absolute atomic E-state index is 0.0223. The van der Waals surface area contributed by atoms with Crippen molar-refractivity contribution in [3.8, 4) is 5.75 Å². The van der Waals surface area contributed by atoms with Gasteiger partial charge in [-0.3, -0.25) is 14.4 Å². The molecule has 0 aliphatic carbocycles. The monoisotopic (exact) mass is 499 g/mol. The topological polar surface area (TPSA) is 105 Å². The zero-order valence-electron chi connectivity index (χ0n) is 20.7. The maximum absolute atomic E-state index is 13.0. The molecule has 1 unspecified atom stereocenters. The zero-order chi connectivity index (χ0) is 25.2. The lowest BCUT2D eigenvalue weighted by Gasteiger charge is -2.34. The van der Waals surface area contributed by atoms with E-state index in [1.807, 2.05) is 49.9 Å². The molecule has 0 saturated carbocycles. The molecule has 1 aromatic carbocycles. The van der Waals surface area contributed by atoms with E-state index in [1.165, 1.54) is 11.3 Å². The van der Waals surface area contributed by atoms with Gasteiger partial charge >= 0.3 is 0 Å². The predicted octanol–water partition coefficient (Wildman–Crippen LogP) is 2.96. The number of anilines is 1. The average molecular weight is 500 g/mol. The van der Waals surface area contributed by atoms with E-state index in [1.54, 1.807) is 12.0 Å². The molecular weight excluding hydrogens is 466 g/mol. The van der Waals surface area contributed by atoms with Crippen LogP contribution in [0.3, 0.4) is 0 Å². The van der Waals surface area contributed by atoms with Crippen molar-refractivity contribution in [2.75, 3.05) is 32.1 Å². The molecule has 0 radical (unpaired) electrons. The highest BCUT2D eigenvalue weighted by molar-refractivity contribution is 7.15. The van der Waals surface area contributed by atoms with E-state index in [0.717, 1.165) is 16.3 Å². The molecule has 1 aromatic heterocycles. The lowest BCUT2D eigenvalue weighted by Crippen LogP contribution is -2.46. The van der Waals surface area contributed by atoms with Gasteiger partial charge in [0, 0.05) is 49.5 Å². The first-order chi connectivity index (χ1) is 16.7. The summed E-state index contributed by atoms with van der Waals surface area (Å²) < 4.78 is 5.39. The highest BCUT2D eigenvalue weighted by Crippen LogP contribution is 2.29. The highest BCUT2D eigenvalue weighted by Gasteiger charge is 2.41. The fourth-order valence-electron chi connectivity index (χ4n) is 4.74. The van der Waals surface area contributed by atoms with Gasteiger partial charge in [0.1, 0.15) is 10.8 Å². The number of hydrogen-bond acceptors (Lipinski definition) is 7. The number of methoxy groups -OCH3 is 1. The van der Waals surface area contributed by atoms with Crippen LogP contribution in [0.4, 0.5) is 5.13 Å². The van der Waals surface area contributed by atoms with E-state index in [-0.39, 0.29) is 41.5 Å². The number of amides is 3. The molecule has 1 N–H and O–H groups in total. The summed E-state index contributed by atoms with van der Waals surface area (Å²) in [4.78, 5) is 41.8. The largest absolute Gasteiger partial charge is 0.496 e. The summed E-state index contributed by atoms with van der Waals surface area (Å²) in [7, 11) is 1.64. The highest BCUT2D eigenvalue weighted by atomic mass is 32.1. The lowest BCUT2D eigenvalue weighted by molar-refractivity contribution is -0.138. The van der Waals surface area contributed by atoms with Crippen molar-refractivity contribution in [1.29, 1.82) is 0 Å². The van der Waals surface area contributed by atoms with Gasteiger partial charge in [0.15, 0.2) is 0 Å². The summed E-state index contributed by atoms with van der Waals surface area (Å²) in [5.41, 5.74) is 0.727. The van der Waals surface area contributed by atoms with E-state index >= 15 is 0 Å². The number of nitrogens with one attached hydrogen (secondary N) is 1. The van der Waals surface area contributed by atoms with Crippen LogP contribution in [0.5, 0.6) is 5.75 Å². The summed E-state index contributed by atoms with van der Waals surface area (Å²) in [5, 5.41) is 12.5. The first-order valence-corrected chi connectivity index (χ1v) is 12.8. The minimum Gasteiger partial charge on any atom is -0.496 e. The van der Waals surface area contributed by atoms with Crippen molar-refractivity contribution in [1.82, 2.24) is 20.0 Å². The van der Waals surface area contributed by atoms with Crippen LogP contribution in [0, 0.1) is 11.8 Å². The number of para-hydroxylation sites is 1. The molecular formula is C25H33N5O4S. The van der Waals surface area contributed by atoms with Gasteiger partial charge in [-0.15, -0.1) is 10.2 Å². The Bertz CT molecular complexity index is 1090. The molecule has 3 heterocycles. The van der Waals surface area contributed by atoms with E-state index in [2.05, 4.69) is 15.5 Å². The predicted molar refractivity (Wildman–Crippen MR) is 133 cm³/mol. The first-order valence-electron chi connectivity index (χ1n) is 12.0. The Hall–Kier alpha value is -3.01. The standard InChI is InChI=1S/C25H33N5O4S/c1-25(2,3)30-15-18(14-21(30)31)23(33)29-11-9-16(10-12-29)22(32)26-24-28-27-20(35-24)13-17-7-5-6-8-19(17)34-4/h5-8,16,18H,9-15H2,1-4H3,(H,26,28,32). The van der Waals surface area contributed by atoms with Gasteiger partial charge in [0.05, 0.1) is 13.0 Å². The van der Waals surface area contributed by atoms with Gasteiger partial charge in [-0.05, 0) is 39.7 Å². The number of piperidine rings is 1. The van der Waals surface area contributed by atoms with E-state index in [0.29, 0.717) is 44.0 Å². The summed E-state index contributed by atoms with van der Waals surface area (Å²) in [6.07, 6.45) is 2.03. The Kier molecular flexibility index (Phi) is 7.39. The van der Waals surface area contributed by atoms with Crippen molar-refractivity contribution >= 4 is 34.2 Å². The Morgan fingerprint density at radius 2 is 1.86 bits per heavy atom. The van der Waals surface area contributed by atoms with Crippen LogP contribution in [0.15, 0.2) is 24.3 Å². The number of ether oxygens (including phenoxy) is 1. The summed E-state index contributed by atoms with van der Waals surface area (Å²) in [5.74, 6) is 0.281. The van der Waals surface area contributed by atoms with E-state index < -0.39 is 0 Å². The molecule has 1 atom stereocenters. The van der Waals surface area contributed by atoms with Crippen LogP contribution in [-0.4, -0.2) is 70.0 Å². The van der Waals surface area contributed by atoms with Crippen LogP contribution < -0.4 is 10.1 Å². The van der Waals surface area contributed by atoms with Gasteiger partial charge < -0.3 is 19.9 Å². The minimum atomic E-state index is -0.296. The van der Waals surface area contributed by atoms with Gasteiger partial charge in [0.25, 0.3) is 0 Å². The number of rotatable bonds is 6. The number of likely N-dealkylation sites (tertiary alicyclic amines) is 2.